The third-order valence-corrected chi connectivity index (χ3v) is 5.31. The Hall–Kier alpha value is -2.80. The highest BCUT2D eigenvalue weighted by atomic mass is 32.1. The number of rotatable bonds is 7. The number of thiazole rings is 1. The van der Waals surface area contributed by atoms with Gasteiger partial charge in [-0.25, -0.2) is 4.98 Å². The van der Waals surface area contributed by atoms with Crippen molar-refractivity contribution in [2.45, 2.75) is 32.2 Å². The minimum atomic E-state index is 0.0435. The molecule has 0 atom stereocenters. The van der Waals surface area contributed by atoms with Gasteiger partial charge in [0.25, 0.3) is 0 Å². The van der Waals surface area contributed by atoms with Gasteiger partial charge >= 0.3 is 0 Å². The minimum absolute atomic E-state index is 0.0435. The number of benzene rings is 1. The van der Waals surface area contributed by atoms with Crippen LogP contribution in [0.1, 0.15) is 30.1 Å². The number of aryl methyl sites for hydroxylation is 1. The number of carbonyl (C=O) groups excluding carboxylic acids is 1. The topological polar surface area (TPSA) is 72.2 Å². The van der Waals surface area contributed by atoms with E-state index < -0.39 is 0 Å². The van der Waals surface area contributed by atoms with Crippen molar-refractivity contribution >= 4 is 33.1 Å². The Morgan fingerprint density at radius 2 is 1.96 bits per heavy atom. The maximum atomic E-state index is 12.0. The zero-order valence-electron chi connectivity index (χ0n) is 14.3. The Morgan fingerprint density at radius 3 is 2.88 bits per heavy atom. The molecule has 4 aromatic rings. The SMILES string of the molecule is O=C(CCCCc1nc2ccccc2s1)NCc1nnc2ccccn12. The molecule has 3 aromatic heterocycles. The fraction of sp³-hybridized carbons (Fsp3) is 0.263. The number of unbranched alkanes of at least 4 members (excludes halogenated alkanes) is 1. The van der Waals surface area contributed by atoms with Gasteiger partial charge in [0.2, 0.25) is 5.91 Å². The van der Waals surface area contributed by atoms with Crippen LogP contribution in [-0.4, -0.2) is 25.5 Å². The second-order valence-electron chi connectivity index (χ2n) is 6.10. The molecule has 1 amide bonds. The van der Waals surface area contributed by atoms with Crippen molar-refractivity contribution in [1.29, 1.82) is 0 Å². The lowest BCUT2D eigenvalue weighted by Gasteiger charge is -2.04. The Labute approximate surface area is 154 Å². The molecule has 0 bridgehead atoms. The summed E-state index contributed by atoms with van der Waals surface area (Å²) in [6.45, 7) is 0.391. The second-order valence-corrected chi connectivity index (χ2v) is 7.22. The average Bonchev–Trinajstić information content (AvgIpc) is 3.27. The van der Waals surface area contributed by atoms with Gasteiger partial charge in [0, 0.05) is 12.6 Å². The van der Waals surface area contributed by atoms with E-state index in [1.165, 1.54) is 4.70 Å². The minimum Gasteiger partial charge on any atom is -0.349 e. The largest absolute Gasteiger partial charge is 0.349 e. The third-order valence-electron chi connectivity index (χ3n) is 4.21. The normalized spacial score (nSPS) is 11.2. The van der Waals surface area contributed by atoms with E-state index in [0.29, 0.717) is 13.0 Å². The first-order valence-corrected chi connectivity index (χ1v) is 9.51. The van der Waals surface area contributed by atoms with Gasteiger partial charge in [-0.1, -0.05) is 18.2 Å². The van der Waals surface area contributed by atoms with Crippen LogP contribution in [0.25, 0.3) is 15.9 Å². The first-order valence-electron chi connectivity index (χ1n) is 8.69. The van der Waals surface area contributed by atoms with Crippen molar-refractivity contribution in [2.75, 3.05) is 0 Å². The van der Waals surface area contributed by atoms with Gasteiger partial charge < -0.3 is 5.32 Å². The molecule has 0 radical (unpaired) electrons. The smallest absolute Gasteiger partial charge is 0.220 e. The van der Waals surface area contributed by atoms with Gasteiger partial charge in [-0.05, 0) is 43.5 Å². The van der Waals surface area contributed by atoms with E-state index in [1.807, 2.05) is 47.0 Å². The number of hydrogen-bond acceptors (Lipinski definition) is 5. The van der Waals surface area contributed by atoms with Crippen LogP contribution in [-0.2, 0) is 17.8 Å². The summed E-state index contributed by atoms with van der Waals surface area (Å²) < 4.78 is 3.11. The van der Waals surface area contributed by atoms with E-state index in [0.717, 1.165) is 41.3 Å². The molecular formula is C19H19N5OS. The number of carbonyl (C=O) groups is 1. The lowest BCUT2D eigenvalue weighted by molar-refractivity contribution is -0.121. The van der Waals surface area contributed by atoms with E-state index in [4.69, 9.17) is 0 Å². The lowest BCUT2D eigenvalue weighted by atomic mass is 10.2. The van der Waals surface area contributed by atoms with Crippen molar-refractivity contribution in [3.63, 3.8) is 0 Å². The number of aromatic nitrogens is 4. The monoisotopic (exact) mass is 365 g/mol. The Bertz CT molecular complexity index is 1010. The number of fused-ring (bicyclic) bond motifs is 2. The quantitative estimate of drug-likeness (QED) is 0.510. The maximum absolute atomic E-state index is 12.0. The van der Waals surface area contributed by atoms with Gasteiger partial charge in [-0.3, -0.25) is 9.20 Å². The molecule has 0 fully saturated rings. The highest BCUT2D eigenvalue weighted by Gasteiger charge is 2.08. The molecule has 1 N–H and O–H groups in total. The number of nitrogens with zero attached hydrogens (tertiary/aromatic N) is 4. The zero-order valence-corrected chi connectivity index (χ0v) is 15.1. The van der Waals surface area contributed by atoms with Gasteiger partial charge in [-0.2, -0.15) is 0 Å². The number of para-hydroxylation sites is 1. The van der Waals surface area contributed by atoms with Crippen LogP contribution in [0.4, 0.5) is 0 Å². The van der Waals surface area contributed by atoms with Gasteiger partial charge in [0.05, 0.1) is 21.8 Å². The van der Waals surface area contributed by atoms with Crippen LogP contribution >= 0.6 is 11.3 Å². The second kappa shape index (κ2) is 7.61. The molecule has 6 nitrogen and oxygen atoms in total. The molecule has 0 spiro atoms. The van der Waals surface area contributed by atoms with Crippen molar-refractivity contribution in [1.82, 2.24) is 24.9 Å². The van der Waals surface area contributed by atoms with E-state index >= 15 is 0 Å². The Kier molecular flexibility index (Phi) is 4.88. The molecule has 7 heteroatoms. The van der Waals surface area contributed by atoms with Crippen LogP contribution in [0.5, 0.6) is 0 Å². The van der Waals surface area contributed by atoms with Gasteiger partial charge in [0.1, 0.15) is 0 Å². The molecule has 0 aliphatic heterocycles. The molecule has 0 saturated carbocycles. The van der Waals surface area contributed by atoms with Crippen LogP contribution < -0.4 is 5.32 Å². The highest BCUT2D eigenvalue weighted by molar-refractivity contribution is 7.18. The highest BCUT2D eigenvalue weighted by Crippen LogP contribution is 2.22. The summed E-state index contributed by atoms with van der Waals surface area (Å²) in [5, 5.41) is 12.3. The van der Waals surface area contributed by atoms with Crippen molar-refractivity contribution in [3.8, 4) is 0 Å². The summed E-state index contributed by atoms with van der Waals surface area (Å²) in [5.74, 6) is 0.783. The molecular weight excluding hydrogens is 346 g/mol. The summed E-state index contributed by atoms with van der Waals surface area (Å²) in [6.07, 6.45) is 5.14. The number of amides is 1. The molecule has 0 unspecified atom stereocenters. The maximum Gasteiger partial charge on any atom is 0.220 e. The lowest BCUT2D eigenvalue weighted by Crippen LogP contribution is -2.23. The van der Waals surface area contributed by atoms with Gasteiger partial charge in [0.15, 0.2) is 11.5 Å². The molecule has 0 aliphatic rings. The summed E-state index contributed by atoms with van der Waals surface area (Å²) in [7, 11) is 0. The predicted octanol–water partition coefficient (Wildman–Crippen LogP) is 3.37. The van der Waals surface area contributed by atoms with Gasteiger partial charge in [-0.15, -0.1) is 21.5 Å². The Balaban J connectivity index is 1.21. The first-order chi connectivity index (χ1) is 12.8. The summed E-state index contributed by atoms with van der Waals surface area (Å²) >= 11 is 1.74. The van der Waals surface area contributed by atoms with Crippen molar-refractivity contribution in [2.24, 2.45) is 0 Å². The van der Waals surface area contributed by atoms with Crippen molar-refractivity contribution in [3.05, 3.63) is 59.5 Å². The third kappa shape index (κ3) is 3.72. The predicted molar refractivity (Wildman–Crippen MR) is 102 cm³/mol. The standard InChI is InChI=1S/C19H19N5OS/c25-18(20-13-17-23-22-16-9-5-6-12-24(16)17)10-3-4-11-19-21-14-7-1-2-8-15(14)26-19/h1-2,5-9,12H,3-4,10-11,13H2,(H,20,25). The van der Waals surface area contributed by atoms with E-state index in [1.54, 1.807) is 11.3 Å². The fourth-order valence-electron chi connectivity index (χ4n) is 2.87. The van der Waals surface area contributed by atoms with Crippen LogP contribution in [0.3, 0.4) is 0 Å². The molecule has 3 heterocycles. The van der Waals surface area contributed by atoms with E-state index in [9.17, 15) is 4.79 Å². The fourth-order valence-corrected chi connectivity index (χ4v) is 3.88. The zero-order chi connectivity index (χ0) is 17.8. The molecule has 0 saturated heterocycles. The molecule has 132 valence electrons. The van der Waals surface area contributed by atoms with Crippen molar-refractivity contribution < 1.29 is 4.79 Å². The summed E-state index contributed by atoms with van der Waals surface area (Å²) in [4.78, 5) is 16.7. The number of pyridine rings is 1. The van der Waals surface area contributed by atoms with Crippen LogP contribution in [0.15, 0.2) is 48.7 Å². The summed E-state index contributed by atoms with van der Waals surface area (Å²) in [6, 6.07) is 13.9. The first kappa shape index (κ1) is 16.7. The van der Waals surface area contributed by atoms with E-state index in [-0.39, 0.29) is 5.91 Å². The average molecular weight is 365 g/mol. The number of hydrogen-bond donors (Lipinski definition) is 1. The molecule has 4 rings (SSSR count). The Morgan fingerprint density at radius 1 is 1.08 bits per heavy atom. The molecule has 1 aromatic carbocycles. The summed E-state index contributed by atoms with van der Waals surface area (Å²) in [5.41, 5.74) is 1.85. The van der Waals surface area contributed by atoms with E-state index in [2.05, 4.69) is 26.6 Å². The number of nitrogens with one attached hydrogen (secondary N) is 1. The van der Waals surface area contributed by atoms with Crippen LogP contribution in [0, 0.1) is 0 Å². The van der Waals surface area contributed by atoms with Crippen LogP contribution in [0.2, 0.25) is 0 Å². The molecule has 26 heavy (non-hydrogen) atoms. The molecule has 0 aliphatic carbocycles.